The molecule has 0 aliphatic heterocycles. The van der Waals surface area contributed by atoms with Crippen LogP contribution in [0.4, 0.5) is 0 Å². The van der Waals surface area contributed by atoms with Crippen molar-refractivity contribution in [3.05, 3.63) is 0 Å². The minimum Gasteiger partial charge on any atom is -0.198 e. The summed E-state index contributed by atoms with van der Waals surface area (Å²) in [5.74, 6) is 0. The van der Waals surface area contributed by atoms with Gasteiger partial charge in [0.15, 0.2) is 0 Å². The van der Waals surface area contributed by atoms with Gasteiger partial charge >= 0.3 is 0 Å². The molecule has 0 aromatic carbocycles. The van der Waals surface area contributed by atoms with Crippen LogP contribution in [0.5, 0.6) is 0 Å². The van der Waals surface area contributed by atoms with Crippen LogP contribution in [-0.4, -0.2) is 5.33 Å². The van der Waals surface area contributed by atoms with Crippen LogP contribution in [0.25, 0.3) is 0 Å². The minimum absolute atomic E-state index is 0.511. The van der Waals surface area contributed by atoms with Gasteiger partial charge in [0.05, 0.1) is 6.07 Å². The Bertz CT molecular complexity index is 172. The second-order valence-electron chi connectivity index (χ2n) is 4.16. The van der Waals surface area contributed by atoms with Gasteiger partial charge in [0.25, 0.3) is 0 Å². The van der Waals surface area contributed by atoms with E-state index in [1.807, 2.05) is 0 Å². The van der Waals surface area contributed by atoms with E-state index in [0.29, 0.717) is 5.41 Å². The quantitative estimate of drug-likeness (QED) is 0.685. The summed E-state index contributed by atoms with van der Waals surface area (Å²) in [6, 6.07) is 2.28. The first-order valence-electron chi connectivity index (χ1n) is 5.26. The van der Waals surface area contributed by atoms with Gasteiger partial charge in [-0.2, -0.15) is 5.26 Å². The number of nitrogens with zero attached hydrogens (tertiary/aromatic N) is 1. The van der Waals surface area contributed by atoms with Gasteiger partial charge in [-0.25, -0.2) is 0 Å². The minimum atomic E-state index is 0.511. The molecule has 1 aliphatic carbocycles. The van der Waals surface area contributed by atoms with Crippen molar-refractivity contribution in [3.63, 3.8) is 0 Å². The Kier molecular flexibility index (Phi) is 4.80. The molecule has 1 aliphatic rings. The summed E-state index contributed by atoms with van der Waals surface area (Å²) >= 11 is 3.53. The fourth-order valence-corrected chi connectivity index (χ4v) is 3.29. The molecule has 0 unspecified atom stereocenters. The van der Waals surface area contributed by atoms with Gasteiger partial charge in [0.1, 0.15) is 0 Å². The van der Waals surface area contributed by atoms with Gasteiger partial charge in [-0.1, -0.05) is 35.2 Å². The first-order chi connectivity index (χ1) is 6.33. The molecule has 0 spiro atoms. The van der Waals surface area contributed by atoms with Crippen LogP contribution in [-0.2, 0) is 0 Å². The second kappa shape index (κ2) is 5.65. The summed E-state index contributed by atoms with van der Waals surface area (Å²) < 4.78 is 0. The van der Waals surface area contributed by atoms with Crippen molar-refractivity contribution in [2.45, 2.75) is 51.4 Å². The summed E-state index contributed by atoms with van der Waals surface area (Å²) in [6.07, 6.45) is 9.96. The molecule has 1 saturated carbocycles. The molecular formula is C11H18BrN. The fraction of sp³-hybridized carbons (Fsp3) is 0.909. The van der Waals surface area contributed by atoms with Crippen molar-refractivity contribution in [2.24, 2.45) is 5.41 Å². The highest BCUT2D eigenvalue weighted by Gasteiger charge is 2.30. The Hall–Kier alpha value is -0.0300. The highest BCUT2D eigenvalue weighted by molar-refractivity contribution is 9.09. The van der Waals surface area contributed by atoms with Crippen LogP contribution in [0, 0.1) is 16.7 Å². The first kappa shape index (κ1) is 11.0. The number of alkyl halides is 1. The van der Waals surface area contributed by atoms with Crippen molar-refractivity contribution in [1.29, 1.82) is 5.26 Å². The molecule has 1 rings (SSSR count). The van der Waals surface area contributed by atoms with Gasteiger partial charge in [0, 0.05) is 11.8 Å². The van der Waals surface area contributed by atoms with Crippen LogP contribution in [0.15, 0.2) is 0 Å². The second-order valence-corrected chi connectivity index (χ2v) is 4.95. The average molecular weight is 244 g/mol. The Morgan fingerprint density at radius 3 is 2.38 bits per heavy atom. The summed E-state index contributed by atoms with van der Waals surface area (Å²) in [6.45, 7) is 0. The Balaban J connectivity index is 2.46. The summed E-state index contributed by atoms with van der Waals surface area (Å²) in [5, 5.41) is 9.71. The van der Waals surface area contributed by atoms with Gasteiger partial charge in [-0.3, -0.25) is 0 Å². The number of rotatable bonds is 4. The summed E-state index contributed by atoms with van der Waals surface area (Å²) in [7, 11) is 0. The maximum absolute atomic E-state index is 8.62. The van der Waals surface area contributed by atoms with E-state index >= 15 is 0 Å². The molecule has 74 valence electrons. The van der Waals surface area contributed by atoms with E-state index < -0.39 is 0 Å². The molecule has 1 fully saturated rings. The van der Waals surface area contributed by atoms with Crippen LogP contribution in [0.2, 0.25) is 0 Å². The zero-order chi connectivity index (χ0) is 9.57. The molecule has 0 amide bonds. The molecule has 0 radical (unpaired) electrons. The third-order valence-corrected chi connectivity index (χ3v) is 3.70. The molecule has 0 atom stereocenters. The number of halogens is 1. The summed E-state index contributed by atoms with van der Waals surface area (Å²) in [5.41, 5.74) is 0.511. The van der Waals surface area contributed by atoms with Gasteiger partial charge in [0.2, 0.25) is 0 Å². The lowest BCUT2D eigenvalue weighted by atomic mass is 9.69. The van der Waals surface area contributed by atoms with Crippen molar-refractivity contribution >= 4 is 15.9 Å². The van der Waals surface area contributed by atoms with Crippen molar-refractivity contribution < 1.29 is 0 Å². The number of hydrogen-bond donors (Lipinski definition) is 0. The van der Waals surface area contributed by atoms with E-state index in [1.54, 1.807) is 0 Å². The lowest BCUT2D eigenvalue weighted by Crippen LogP contribution is -2.24. The Morgan fingerprint density at radius 1 is 1.15 bits per heavy atom. The molecule has 0 N–H and O–H groups in total. The van der Waals surface area contributed by atoms with Gasteiger partial charge < -0.3 is 0 Å². The van der Waals surface area contributed by atoms with Crippen LogP contribution >= 0.6 is 15.9 Å². The van der Waals surface area contributed by atoms with E-state index in [1.165, 1.54) is 38.5 Å². The third kappa shape index (κ3) is 3.31. The van der Waals surface area contributed by atoms with Crippen molar-refractivity contribution in [3.8, 4) is 6.07 Å². The fourth-order valence-electron chi connectivity index (χ4n) is 2.45. The highest BCUT2D eigenvalue weighted by atomic mass is 79.9. The largest absolute Gasteiger partial charge is 0.198 e. The van der Waals surface area contributed by atoms with Crippen molar-refractivity contribution in [1.82, 2.24) is 0 Å². The van der Waals surface area contributed by atoms with Crippen LogP contribution in [0.3, 0.4) is 0 Å². The van der Waals surface area contributed by atoms with E-state index in [-0.39, 0.29) is 0 Å². The number of nitriles is 1. The SMILES string of the molecule is N#CCCC1(CCBr)CCCCC1. The maximum Gasteiger partial charge on any atom is 0.0621 e. The van der Waals surface area contributed by atoms with Crippen LogP contribution in [0.1, 0.15) is 51.4 Å². The number of hydrogen-bond acceptors (Lipinski definition) is 1. The molecule has 2 heteroatoms. The monoisotopic (exact) mass is 243 g/mol. The van der Waals surface area contributed by atoms with E-state index in [0.717, 1.165) is 18.2 Å². The third-order valence-electron chi connectivity index (χ3n) is 3.31. The maximum atomic E-state index is 8.62. The van der Waals surface area contributed by atoms with E-state index in [2.05, 4.69) is 22.0 Å². The first-order valence-corrected chi connectivity index (χ1v) is 6.38. The normalized spacial score (nSPS) is 20.9. The van der Waals surface area contributed by atoms with Crippen molar-refractivity contribution in [2.75, 3.05) is 5.33 Å². The Morgan fingerprint density at radius 2 is 1.85 bits per heavy atom. The zero-order valence-corrected chi connectivity index (χ0v) is 9.78. The van der Waals surface area contributed by atoms with Gasteiger partial charge in [-0.05, 0) is 31.1 Å². The molecule has 0 heterocycles. The summed E-state index contributed by atoms with van der Waals surface area (Å²) in [4.78, 5) is 0. The van der Waals surface area contributed by atoms with E-state index in [4.69, 9.17) is 5.26 Å². The standard InChI is InChI=1S/C11H18BrN/c12-9-8-11(7-4-10-13)5-2-1-3-6-11/h1-9H2. The predicted octanol–water partition coefficient (Wildman–Crippen LogP) is 4.03. The Labute approximate surface area is 89.6 Å². The molecule has 0 bridgehead atoms. The smallest absolute Gasteiger partial charge is 0.0621 e. The van der Waals surface area contributed by atoms with Crippen LogP contribution < -0.4 is 0 Å². The highest BCUT2D eigenvalue weighted by Crippen LogP contribution is 2.43. The van der Waals surface area contributed by atoms with E-state index in [9.17, 15) is 0 Å². The average Bonchev–Trinajstić information content (AvgIpc) is 2.17. The molecule has 0 aromatic heterocycles. The topological polar surface area (TPSA) is 23.8 Å². The predicted molar refractivity (Wildman–Crippen MR) is 58.8 cm³/mol. The molecule has 0 aromatic rings. The lowest BCUT2D eigenvalue weighted by molar-refractivity contribution is 0.169. The molecular weight excluding hydrogens is 226 g/mol. The lowest BCUT2D eigenvalue weighted by Gasteiger charge is -2.36. The molecule has 0 saturated heterocycles. The molecule has 1 nitrogen and oxygen atoms in total. The zero-order valence-electron chi connectivity index (χ0n) is 8.19. The van der Waals surface area contributed by atoms with Gasteiger partial charge in [-0.15, -0.1) is 0 Å². The molecule has 13 heavy (non-hydrogen) atoms.